The predicted octanol–water partition coefficient (Wildman–Crippen LogP) is 3.45. The van der Waals surface area contributed by atoms with E-state index in [0.717, 1.165) is 11.1 Å². The van der Waals surface area contributed by atoms with Crippen LogP contribution in [0.25, 0.3) is 22.0 Å². The molecule has 0 saturated carbocycles. The highest BCUT2D eigenvalue weighted by atomic mass is 35.5. The molecule has 1 aromatic heterocycles. The monoisotopic (exact) mass is 382 g/mol. The highest BCUT2D eigenvalue weighted by molar-refractivity contribution is 6.33. The SMILES string of the molecule is CC(=O)OC(=O)c1cn(C)c2cc(-c3ccccc3Cl)c3c(c12)CNC3=O. The van der Waals surface area contributed by atoms with Gasteiger partial charge in [-0.1, -0.05) is 29.8 Å². The Morgan fingerprint density at radius 2 is 1.96 bits per heavy atom. The molecule has 27 heavy (non-hydrogen) atoms. The smallest absolute Gasteiger partial charge is 0.347 e. The second-order valence-corrected chi connectivity index (χ2v) is 6.78. The molecule has 0 unspecified atom stereocenters. The summed E-state index contributed by atoms with van der Waals surface area (Å²) in [6.07, 6.45) is 1.61. The van der Waals surface area contributed by atoms with Crippen LogP contribution in [0.4, 0.5) is 0 Å². The zero-order valence-corrected chi connectivity index (χ0v) is 15.4. The topological polar surface area (TPSA) is 77.4 Å². The summed E-state index contributed by atoms with van der Waals surface area (Å²) >= 11 is 6.36. The van der Waals surface area contributed by atoms with E-state index in [1.165, 1.54) is 6.92 Å². The molecule has 3 aromatic rings. The van der Waals surface area contributed by atoms with Gasteiger partial charge in [-0.2, -0.15) is 0 Å². The molecule has 136 valence electrons. The molecule has 2 aromatic carbocycles. The van der Waals surface area contributed by atoms with Gasteiger partial charge >= 0.3 is 11.9 Å². The summed E-state index contributed by atoms with van der Waals surface area (Å²) in [4.78, 5) is 36.1. The number of nitrogens with one attached hydrogen (secondary N) is 1. The van der Waals surface area contributed by atoms with Crippen LogP contribution in [0.2, 0.25) is 5.02 Å². The predicted molar refractivity (Wildman–Crippen MR) is 101 cm³/mol. The van der Waals surface area contributed by atoms with Crippen molar-refractivity contribution in [2.45, 2.75) is 13.5 Å². The van der Waals surface area contributed by atoms with Gasteiger partial charge in [0.05, 0.1) is 11.1 Å². The van der Waals surface area contributed by atoms with Crippen LogP contribution in [0.5, 0.6) is 0 Å². The molecular formula is C20H15ClN2O4. The number of hydrogen-bond acceptors (Lipinski definition) is 4. The Kier molecular flexibility index (Phi) is 4.00. The van der Waals surface area contributed by atoms with Gasteiger partial charge < -0.3 is 14.6 Å². The molecule has 4 rings (SSSR count). The van der Waals surface area contributed by atoms with E-state index >= 15 is 0 Å². The minimum atomic E-state index is -0.736. The summed E-state index contributed by atoms with van der Waals surface area (Å²) in [6, 6.07) is 9.13. The van der Waals surface area contributed by atoms with Gasteiger partial charge in [0.1, 0.15) is 0 Å². The van der Waals surface area contributed by atoms with Crippen LogP contribution in [0.1, 0.15) is 33.2 Å². The second kappa shape index (κ2) is 6.25. The largest absolute Gasteiger partial charge is 0.390 e. The van der Waals surface area contributed by atoms with Gasteiger partial charge in [-0.15, -0.1) is 0 Å². The van der Waals surface area contributed by atoms with Crippen LogP contribution < -0.4 is 5.32 Å². The number of carbonyl (C=O) groups excluding carboxylic acids is 3. The molecule has 7 heteroatoms. The molecule has 0 spiro atoms. The lowest BCUT2D eigenvalue weighted by Gasteiger charge is -2.11. The molecule has 6 nitrogen and oxygen atoms in total. The Morgan fingerprint density at radius 1 is 1.22 bits per heavy atom. The van der Waals surface area contributed by atoms with Gasteiger partial charge in [-0.3, -0.25) is 9.59 Å². The maximum Gasteiger partial charge on any atom is 0.347 e. The van der Waals surface area contributed by atoms with E-state index in [1.54, 1.807) is 23.9 Å². The van der Waals surface area contributed by atoms with E-state index in [2.05, 4.69) is 5.32 Å². The first-order valence-corrected chi connectivity index (χ1v) is 8.67. The third-order valence-electron chi connectivity index (χ3n) is 4.66. The van der Waals surface area contributed by atoms with Gasteiger partial charge in [-0.25, -0.2) is 4.79 Å². The summed E-state index contributed by atoms with van der Waals surface area (Å²) in [7, 11) is 1.79. The molecule has 1 amide bonds. The van der Waals surface area contributed by atoms with Crippen LogP contribution in [0.3, 0.4) is 0 Å². The van der Waals surface area contributed by atoms with Crippen LogP contribution >= 0.6 is 11.6 Å². The first-order valence-electron chi connectivity index (χ1n) is 8.29. The Morgan fingerprint density at radius 3 is 2.67 bits per heavy atom. The normalized spacial score (nSPS) is 12.8. The third-order valence-corrected chi connectivity index (χ3v) is 4.98. The average Bonchev–Trinajstić information content (AvgIpc) is 3.15. The molecule has 2 heterocycles. The van der Waals surface area contributed by atoms with E-state index < -0.39 is 11.9 Å². The number of esters is 2. The minimum absolute atomic E-state index is 0.225. The highest BCUT2D eigenvalue weighted by Gasteiger charge is 2.30. The lowest BCUT2D eigenvalue weighted by Crippen LogP contribution is -2.13. The molecule has 0 saturated heterocycles. The van der Waals surface area contributed by atoms with E-state index in [-0.39, 0.29) is 18.0 Å². The molecule has 0 atom stereocenters. The fourth-order valence-electron chi connectivity index (χ4n) is 3.56. The van der Waals surface area contributed by atoms with Crippen molar-refractivity contribution in [1.29, 1.82) is 0 Å². The van der Waals surface area contributed by atoms with Crippen LogP contribution in [-0.4, -0.2) is 22.4 Å². The summed E-state index contributed by atoms with van der Waals surface area (Å²) in [6.45, 7) is 1.46. The van der Waals surface area contributed by atoms with Crippen molar-refractivity contribution in [3.8, 4) is 11.1 Å². The number of carbonyl (C=O) groups is 3. The molecular weight excluding hydrogens is 368 g/mol. The second-order valence-electron chi connectivity index (χ2n) is 6.37. The van der Waals surface area contributed by atoms with Crippen molar-refractivity contribution >= 4 is 40.3 Å². The Labute approximate surface area is 159 Å². The lowest BCUT2D eigenvalue weighted by atomic mass is 9.93. The molecule has 0 radical (unpaired) electrons. The summed E-state index contributed by atoms with van der Waals surface area (Å²) in [5.41, 5.74) is 3.62. The Balaban J connectivity index is 2.05. The number of benzene rings is 2. The quantitative estimate of drug-likeness (QED) is 0.544. The average molecular weight is 383 g/mol. The molecule has 1 aliphatic rings. The number of nitrogens with zero attached hydrogens (tertiary/aromatic N) is 1. The van der Waals surface area contributed by atoms with Gasteiger partial charge in [-0.05, 0) is 23.3 Å². The number of aromatic nitrogens is 1. The first kappa shape index (κ1) is 17.3. The molecule has 1 aliphatic heterocycles. The van der Waals surface area contributed by atoms with Gasteiger partial charge in [0.25, 0.3) is 5.91 Å². The number of hydrogen-bond donors (Lipinski definition) is 1. The zero-order chi connectivity index (χ0) is 19.3. The summed E-state index contributed by atoms with van der Waals surface area (Å²) < 4.78 is 6.53. The van der Waals surface area contributed by atoms with Gasteiger partial charge in [0, 0.05) is 48.2 Å². The summed E-state index contributed by atoms with van der Waals surface area (Å²) in [5, 5.41) is 3.95. The van der Waals surface area contributed by atoms with E-state index in [0.29, 0.717) is 27.1 Å². The van der Waals surface area contributed by atoms with E-state index in [9.17, 15) is 14.4 Å². The number of fused-ring (bicyclic) bond motifs is 3. The lowest BCUT2D eigenvalue weighted by molar-refractivity contribution is -0.135. The van der Waals surface area contributed by atoms with Crippen LogP contribution in [0.15, 0.2) is 36.5 Å². The molecule has 1 N–H and O–H groups in total. The first-order chi connectivity index (χ1) is 12.9. The molecule has 0 aliphatic carbocycles. The number of halogens is 1. The Bertz CT molecular complexity index is 1150. The van der Waals surface area contributed by atoms with E-state index in [4.69, 9.17) is 16.3 Å². The van der Waals surface area contributed by atoms with Crippen LogP contribution in [0, 0.1) is 0 Å². The van der Waals surface area contributed by atoms with Crippen molar-refractivity contribution < 1.29 is 19.1 Å². The van der Waals surface area contributed by atoms with Crippen LogP contribution in [-0.2, 0) is 23.1 Å². The van der Waals surface area contributed by atoms with E-state index in [1.807, 2.05) is 24.3 Å². The highest BCUT2D eigenvalue weighted by Crippen LogP contribution is 2.39. The number of aryl methyl sites for hydroxylation is 1. The minimum Gasteiger partial charge on any atom is -0.390 e. The number of rotatable bonds is 2. The maximum atomic E-state index is 12.5. The van der Waals surface area contributed by atoms with Crippen molar-refractivity contribution in [2.75, 3.05) is 0 Å². The fraction of sp³-hybridized carbons (Fsp3) is 0.150. The van der Waals surface area contributed by atoms with Gasteiger partial charge in [0.2, 0.25) is 0 Å². The van der Waals surface area contributed by atoms with Crippen molar-refractivity contribution in [3.05, 3.63) is 58.2 Å². The van der Waals surface area contributed by atoms with Crippen molar-refractivity contribution in [1.82, 2.24) is 9.88 Å². The zero-order valence-electron chi connectivity index (χ0n) is 14.6. The number of ether oxygens (including phenoxy) is 1. The fourth-order valence-corrected chi connectivity index (χ4v) is 3.79. The Hall–Kier alpha value is -3.12. The van der Waals surface area contributed by atoms with Crippen molar-refractivity contribution in [3.63, 3.8) is 0 Å². The van der Waals surface area contributed by atoms with Crippen molar-refractivity contribution in [2.24, 2.45) is 7.05 Å². The summed E-state index contributed by atoms with van der Waals surface area (Å²) in [5.74, 6) is -1.65. The number of amides is 1. The standard InChI is InChI=1S/C20H15ClN2O4/c1-10(24)27-20(26)14-9-23(2)16-7-12(11-5-3-4-6-15(11)21)18-13(17(14)16)8-22-19(18)25/h3-7,9H,8H2,1-2H3,(H,22,25). The maximum absolute atomic E-state index is 12.5. The molecule has 0 fully saturated rings. The third kappa shape index (κ3) is 2.69. The molecule has 0 bridgehead atoms. The van der Waals surface area contributed by atoms with Gasteiger partial charge in [0.15, 0.2) is 0 Å².